The first-order chi connectivity index (χ1) is 10.1. The molecular weight excluding hydrogens is 330 g/mol. The van der Waals surface area contributed by atoms with E-state index in [1.807, 2.05) is 24.3 Å². The Labute approximate surface area is 133 Å². The number of aromatic nitrogens is 2. The zero-order chi connectivity index (χ0) is 14.9. The quantitative estimate of drug-likeness (QED) is 0.915. The highest BCUT2D eigenvalue weighted by atomic mass is 79.9. The third-order valence-electron chi connectivity index (χ3n) is 4.40. The summed E-state index contributed by atoms with van der Waals surface area (Å²) in [7, 11) is 0. The topological polar surface area (TPSA) is 51.0 Å². The molecule has 5 heteroatoms. The molecule has 21 heavy (non-hydrogen) atoms. The molecule has 0 bridgehead atoms. The van der Waals surface area contributed by atoms with Crippen molar-refractivity contribution in [3.63, 3.8) is 0 Å². The highest BCUT2D eigenvalue weighted by molar-refractivity contribution is 9.10. The summed E-state index contributed by atoms with van der Waals surface area (Å²) in [4.78, 5) is 4.64. The molecule has 112 valence electrons. The fourth-order valence-corrected chi connectivity index (χ4v) is 3.11. The molecule has 0 amide bonds. The van der Waals surface area contributed by atoms with Gasteiger partial charge >= 0.3 is 0 Å². The van der Waals surface area contributed by atoms with E-state index in [0.717, 1.165) is 29.0 Å². The average molecular weight is 350 g/mol. The molecule has 1 unspecified atom stereocenters. The molecule has 0 spiro atoms. The van der Waals surface area contributed by atoms with Gasteiger partial charge in [-0.2, -0.15) is 4.98 Å². The second kappa shape index (κ2) is 5.89. The number of rotatable bonds is 3. The average Bonchev–Trinajstić information content (AvgIpc) is 2.99. The number of benzene rings is 1. The minimum Gasteiger partial charge on any atom is -0.338 e. The molecule has 1 fully saturated rings. The lowest BCUT2D eigenvalue weighted by Gasteiger charge is -2.34. The zero-order valence-corrected chi connectivity index (χ0v) is 14.0. The third-order valence-corrected chi connectivity index (χ3v) is 4.93. The van der Waals surface area contributed by atoms with E-state index in [0.29, 0.717) is 11.7 Å². The molecular formula is C16H20BrN3O. The molecule has 1 aromatic carbocycles. The van der Waals surface area contributed by atoms with Gasteiger partial charge in [-0.1, -0.05) is 34.9 Å². The fourth-order valence-electron chi connectivity index (χ4n) is 2.84. The fraction of sp³-hybridized carbons (Fsp3) is 0.500. The van der Waals surface area contributed by atoms with Crippen molar-refractivity contribution >= 4 is 15.9 Å². The predicted octanol–water partition coefficient (Wildman–Crippen LogP) is 3.78. The van der Waals surface area contributed by atoms with Crippen molar-refractivity contribution in [2.75, 3.05) is 13.1 Å². The predicted molar refractivity (Wildman–Crippen MR) is 86.1 cm³/mol. The van der Waals surface area contributed by atoms with Crippen LogP contribution in [0, 0.1) is 5.92 Å². The summed E-state index contributed by atoms with van der Waals surface area (Å²) in [5, 5.41) is 7.62. The second-order valence-electron chi connectivity index (χ2n) is 6.19. The van der Waals surface area contributed by atoms with Gasteiger partial charge in [-0.3, -0.25) is 0 Å². The van der Waals surface area contributed by atoms with Gasteiger partial charge in [0, 0.05) is 15.5 Å². The van der Waals surface area contributed by atoms with Crippen molar-refractivity contribution in [2.24, 2.45) is 5.92 Å². The van der Waals surface area contributed by atoms with Gasteiger partial charge in [0.05, 0.1) is 0 Å². The molecule has 1 aliphatic rings. The van der Waals surface area contributed by atoms with Crippen LogP contribution >= 0.6 is 15.9 Å². The van der Waals surface area contributed by atoms with Crippen molar-refractivity contribution in [1.29, 1.82) is 0 Å². The van der Waals surface area contributed by atoms with Gasteiger partial charge < -0.3 is 9.84 Å². The van der Waals surface area contributed by atoms with Crippen molar-refractivity contribution < 1.29 is 4.52 Å². The Morgan fingerprint density at radius 3 is 2.71 bits per heavy atom. The van der Waals surface area contributed by atoms with E-state index < -0.39 is 0 Å². The highest BCUT2D eigenvalue weighted by Gasteiger charge is 2.37. The third kappa shape index (κ3) is 3.04. The minimum atomic E-state index is -0.103. The number of hydrogen-bond donors (Lipinski definition) is 1. The molecule has 2 heterocycles. The number of nitrogens with zero attached hydrogens (tertiary/aromatic N) is 2. The summed E-state index contributed by atoms with van der Waals surface area (Å²) in [6, 6.07) is 7.96. The van der Waals surface area contributed by atoms with Crippen LogP contribution in [0.15, 0.2) is 33.3 Å². The van der Waals surface area contributed by atoms with E-state index >= 15 is 0 Å². The van der Waals surface area contributed by atoms with Crippen LogP contribution in [0.5, 0.6) is 0 Å². The molecule has 4 nitrogen and oxygen atoms in total. The maximum atomic E-state index is 5.57. The largest absolute Gasteiger partial charge is 0.338 e. The Bertz CT molecular complexity index is 600. The van der Waals surface area contributed by atoms with E-state index in [9.17, 15) is 0 Å². The maximum Gasteiger partial charge on any atom is 0.232 e. The minimum absolute atomic E-state index is 0.103. The lowest BCUT2D eigenvalue weighted by molar-refractivity contribution is 0.196. The van der Waals surface area contributed by atoms with Gasteiger partial charge in [-0.15, -0.1) is 0 Å². The van der Waals surface area contributed by atoms with Gasteiger partial charge in [0.25, 0.3) is 0 Å². The van der Waals surface area contributed by atoms with Gasteiger partial charge in [-0.05, 0) is 56.1 Å². The van der Waals surface area contributed by atoms with E-state index in [2.05, 4.69) is 45.2 Å². The van der Waals surface area contributed by atoms with Gasteiger partial charge in [-0.25, -0.2) is 0 Å². The van der Waals surface area contributed by atoms with Crippen LogP contribution in [-0.2, 0) is 5.41 Å². The summed E-state index contributed by atoms with van der Waals surface area (Å²) in [5.41, 5.74) is 0.874. The van der Waals surface area contributed by atoms with E-state index in [1.54, 1.807) is 0 Å². The molecule has 1 aromatic heterocycles. The molecule has 0 saturated carbocycles. The Balaban J connectivity index is 1.84. The Morgan fingerprint density at radius 1 is 1.29 bits per heavy atom. The number of nitrogens with one attached hydrogen (secondary N) is 1. The molecule has 0 radical (unpaired) electrons. The SMILES string of the molecule is CC(C)(c1nc(-c2ccc(Br)cc2)no1)C1CCCNC1. The summed E-state index contributed by atoms with van der Waals surface area (Å²) in [6.45, 7) is 6.52. The molecule has 1 N–H and O–H groups in total. The first-order valence-electron chi connectivity index (χ1n) is 7.38. The number of hydrogen-bond acceptors (Lipinski definition) is 4. The zero-order valence-electron chi connectivity index (χ0n) is 12.4. The number of piperidine rings is 1. The molecule has 1 atom stereocenters. The molecule has 1 saturated heterocycles. The van der Waals surface area contributed by atoms with Crippen LogP contribution in [0.3, 0.4) is 0 Å². The Morgan fingerprint density at radius 2 is 2.05 bits per heavy atom. The molecule has 0 aliphatic carbocycles. The van der Waals surface area contributed by atoms with Gasteiger partial charge in [0.1, 0.15) is 0 Å². The molecule has 2 aromatic rings. The normalized spacial score (nSPS) is 19.7. The number of halogens is 1. The smallest absolute Gasteiger partial charge is 0.232 e. The Hall–Kier alpha value is -1.20. The lowest BCUT2D eigenvalue weighted by Crippen LogP contribution is -2.40. The van der Waals surface area contributed by atoms with Crippen LogP contribution in [0.4, 0.5) is 0 Å². The van der Waals surface area contributed by atoms with Crippen LogP contribution < -0.4 is 5.32 Å². The highest BCUT2D eigenvalue weighted by Crippen LogP contribution is 2.35. The summed E-state index contributed by atoms with van der Waals surface area (Å²) in [6.07, 6.45) is 2.41. The van der Waals surface area contributed by atoms with E-state index in [-0.39, 0.29) is 5.41 Å². The summed E-state index contributed by atoms with van der Waals surface area (Å²) >= 11 is 3.44. The molecule has 1 aliphatic heterocycles. The van der Waals surface area contributed by atoms with Crippen molar-refractivity contribution in [3.05, 3.63) is 34.6 Å². The Kier molecular flexibility index (Phi) is 4.13. The first kappa shape index (κ1) is 14.7. The second-order valence-corrected chi connectivity index (χ2v) is 7.11. The van der Waals surface area contributed by atoms with Gasteiger partial charge in [0.15, 0.2) is 0 Å². The standard InChI is InChI=1S/C16H20BrN3O/c1-16(2,12-4-3-9-18-10-12)15-19-14(20-21-15)11-5-7-13(17)8-6-11/h5-8,12,18H,3-4,9-10H2,1-2H3. The monoisotopic (exact) mass is 349 g/mol. The van der Waals surface area contributed by atoms with Crippen LogP contribution in [-0.4, -0.2) is 23.2 Å². The van der Waals surface area contributed by atoms with E-state index in [1.165, 1.54) is 12.8 Å². The van der Waals surface area contributed by atoms with Crippen LogP contribution in [0.25, 0.3) is 11.4 Å². The van der Waals surface area contributed by atoms with Crippen LogP contribution in [0.1, 0.15) is 32.6 Å². The summed E-state index contributed by atoms with van der Waals surface area (Å²) in [5.74, 6) is 1.92. The van der Waals surface area contributed by atoms with Gasteiger partial charge in [0.2, 0.25) is 11.7 Å². The molecule has 3 rings (SSSR count). The first-order valence-corrected chi connectivity index (χ1v) is 8.17. The summed E-state index contributed by atoms with van der Waals surface area (Å²) < 4.78 is 6.61. The van der Waals surface area contributed by atoms with E-state index in [4.69, 9.17) is 4.52 Å². The lowest BCUT2D eigenvalue weighted by atomic mass is 9.75. The van der Waals surface area contributed by atoms with Crippen molar-refractivity contribution in [2.45, 2.75) is 32.1 Å². The van der Waals surface area contributed by atoms with Crippen molar-refractivity contribution in [1.82, 2.24) is 15.5 Å². The maximum absolute atomic E-state index is 5.57. The van der Waals surface area contributed by atoms with Crippen LogP contribution in [0.2, 0.25) is 0 Å². The van der Waals surface area contributed by atoms with Crippen molar-refractivity contribution in [3.8, 4) is 11.4 Å².